The summed E-state index contributed by atoms with van der Waals surface area (Å²) in [5.41, 5.74) is 2.93. The molecule has 2 heterocycles. The van der Waals surface area contributed by atoms with E-state index in [1.54, 1.807) is 40.1 Å². The van der Waals surface area contributed by atoms with E-state index in [-0.39, 0.29) is 11.8 Å². The summed E-state index contributed by atoms with van der Waals surface area (Å²) in [7, 11) is 0. The summed E-state index contributed by atoms with van der Waals surface area (Å²) in [6.45, 7) is 5.76. The Labute approximate surface area is 149 Å². The third-order valence-electron chi connectivity index (χ3n) is 3.72. The molecule has 0 saturated carbocycles. The van der Waals surface area contributed by atoms with Crippen molar-refractivity contribution in [3.05, 3.63) is 46.2 Å². The molecule has 0 bridgehead atoms. The van der Waals surface area contributed by atoms with E-state index in [4.69, 9.17) is 0 Å². The summed E-state index contributed by atoms with van der Waals surface area (Å²) >= 11 is 1.56. The highest BCUT2D eigenvalue weighted by Gasteiger charge is 2.14. The van der Waals surface area contributed by atoms with Gasteiger partial charge in [0.2, 0.25) is 10.9 Å². The molecule has 0 spiro atoms. The van der Waals surface area contributed by atoms with Gasteiger partial charge in [0.25, 0.3) is 5.91 Å². The monoisotopic (exact) mass is 357 g/mol. The molecule has 2 amide bonds. The molecule has 130 valence electrons. The van der Waals surface area contributed by atoms with Crippen LogP contribution in [-0.2, 0) is 17.8 Å². The second-order valence-electron chi connectivity index (χ2n) is 5.63. The summed E-state index contributed by atoms with van der Waals surface area (Å²) in [6.07, 6.45) is 0.861. The number of imidazole rings is 1. The third kappa shape index (κ3) is 3.69. The summed E-state index contributed by atoms with van der Waals surface area (Å²) in [4.78, 5) is 28.7. The SMILES string of the molecule is CCc1nn2c(CNC(=O)c3ccc(NC(C)=O)cc3)c(C)nc2s1. The van der Waals surface area contributed by atoms with Crippen molar-refractivity contribution < 1.29 is 9.59 Å². The zero-order valence-electron chi connectivity index (χ0n) is 14.3. The number of fused-ring (bicyclic) bond motifs is 1. The van der Waals surface area contributed by atoms with E-state index in [0.717, 1.165) is 27.8 Å². The van der Waals surface area contributed by atoms with Gasteiger partial charge in [0, 0.05) is 18.2 Å². The van der Waals surface area contributed by atoms with Gasteiger partial charge in [-0.25, -0.2) is 9.50 Å². The molecule has 2 aromatic heterocycles. The fraction of sp³-hybridized carbons (Fsp3) is 0.294. The van der Waals surface area contributed by atoms with Crippen molar-refractivity contribution in [3.63, 3.8) is 0 Å². The fourth-order valence-electron chi connectivity index (χ4n) is 2.45. The predicted octanol–water partition coefficient (Wildman–Crippen LogP) is 2.55. The largest absolute Gasteiger partial charge is 0.346 e. The Hall–Kier alpha value is -2.74. The number of aromatic nitrogens is 3. The highest BCUT2D eigenvalue weighted by atomic mass is 32.1. The molecule has 8 heteroatoms. The highest BCUT2D eigenvalue weighted by molar-refractivity contribution is 7.16. The first-order valence-corrected chi connectivity index (χ1v) is 8.79. The van der Waals surface area contributed by atoms with Crippen LogP contribution in [0.3, 0.4) is 0 Å². The molecule has 1 aromatic carbocycles. The average Bonchev–Trinajstić information content (AvgIpc) is 3.09. The number of aryl methyl sites for hydroxylation is 2. The molecule has 0 unspecified atom stereocenters. The van der Waals surface area contributed by atoms with Gasteiger partial charge in [-0.15, -0.1) is 0 Å². The van der Waals surface area contributed by atoms with Crippen molar-refractivity contribution in [2.24, 2.45) is 0 Å². The van der Waals surface area contributed by atoms with Crippen LogP contribution < -0.4 is 10.6 Å². The van der Waals surface area contributed by atoms with E-state index in [0.29, 0.717) is 17.8 Å². The maximum absolute atomic E-state index is 12.3. The number of amides is 2. The number of hydrogen-bond acceptors (Lipinski definition) is 5. The van der Waals surface area contributed by atoms with Crippen molar-refractivity contribution >= 4 is 33.8 Å². The minimum Gasteiger partial charge on any atom is -0.346 e. The van der Waals surface area contributed by atoms with Gasteiger partial charge >= 0.3 is 0 Å². The lowest BCUT2D eigenvalue weighted by atomic mass is 10.2. The summed E-state index contributed by atoms with van der Waals surface area (Å²) in [6, 6.07) is 6.76. The molecule has 0 atom stereocenters. The molecule has 7 nitrogen and oxygen atoms in total. The zero-order chi connectivity index (χ0) is 18.0. The normalized spacial score (nSPS) is 10.8. The van der Waals surface area contributed by atoms with Crippen LogP contribution in [0.25, 0.3) is 4.96 Å². The Bertz CT molecular complexity index is 927. The molecular formula is C17H19N5O2S. The maximum atomic E-state index is 12.3. The first-order chi connectivity index (χ1) is 12.0. The topological polar surface area (TPSA) is 88.4 Å². The molecule has 3 rings (SSSR count). The Morgan fingerprint density at radius 3 is 2.60 bits per heavy atom. The number of nitrogens with one attached hydrogen (secondary N) is 2. The van der Waals surface area contributed by atoms with Gasteiger partial charge in [0.1, 0.15) is 5.01 Å². The second kappa shape index (κ2) is 7.02. The van der Waals surface area contributed by atoms with Crippen molar-refractivity contribution in [2.75, 3.05) is 5.32 Å². The average molecular weight is 357 g/mol. The van der Waals surface area contributed by atoms with E-state index >= 15 is 0 Å². The van der Waals surface area contributed by atoms with E-state index in [1.807, 2.05) is 6.92 Å². The van der Waals surface area contributed by atoms with Crippen LogP contribution in [0, 0.1) is 6.92 Å². The standard InChI is InChI=1S/C17H19N5O2S/c1-4-15-21-22-14(10(2)19-17(22)25-15)9-18-16(24)12-5-7-13(8-6-12)20-11(3)23/h5-8H,4,9H2,1-3H3,(H,18,24)(H,20,23). The number of rotatable bonds is 5. The minimum atomic E-state index is -0.185. The van der Waals surface area contributed by atoms with Crippen LogP contribution in [0.15, 0.2) is 24.3 Å². The number of benzene rings is 1. The van der Waals surface area contributed by atoms with E-state index in [1.165, 1.54) is 6.92 Å². The van der Waals surface area contributed by atoms with E-state index in [9.17, 15) is 9.59 Å². The van der Waals surface area contributed by atoms with Crippen LogP contribution in [0.5, 0.6) is 0 Å². The minimum absolute atomic E-state index is 0.146. The first-order valence-electron chi connectivity index (χ1n) is 7.97. The second-order valence-corrected chi connectivity index (χ2v) is 6.67. The van der Waals surface area contributed by atoms with E-state index < -0.39 is 0 Å². The van der Waals surface area contributed by atoms with Gasteiger partial charge in [-0.3, -0.25) is 9.59 Å². The van der Waals surface area contributed by atoms with Crippen LogP contribution in [-0.4, -0.2) is 26.4 Å². The Kier molecular flexibility index (Phi) is 4.80. The molecule has 0 fully saturated rings. The molecule has 0 aliphatic rings. The fourth-order valence-corrected chi connectivity index (χ4v) is 3.35. The molecule has 0 saturated heterocycles. The number of anilines is 1. The summed E-state index contributed by atoms with van der Waals surface area (Å²) < 4.78 is 1.80. The van der Waals surface area contributed by atoms with E-state index in [2.05, 4.69) is 27.6 Å². The van der Waals surface area contributed by atoms with Gasteiger partial charge in [-0.05, 0) is 37.6 Å². The lowest BCUT2D eigenvalue weighted by molar-refractivity contribution is -0.114. The van der Waals surface area contributed by atoms with Gasteiger partial charge in [-0.2, -0.15) is 5.10 Å². The van der Waals surface area contributed by atoms with Gasteiger partial charge in [0.15, 0.2) is 0 Å². The van der Waals surface area contributed by atoms with Crippen molar-refractivity contribution in [1.82, 2.24) is 19.9 Å². The molecule has 25 heavy (non-hydrogen) atoms. The highest BCUT2D eigenvalue weighted by Crippen LogP contribution is 2.19. The number of hydrogen-bond donors (Lipinski definition) is 2. The van der Waals surface area contributed by atoms with Crippen molar-refractivity contribution in [1.29, 1.82) is 0 Å². The molecule has 0 aliphatic heterocycles. The number of nitrogens with zero attached hydrogens (tertiary/aromatic N) is 3. The van der Waals surface area contributed by atoms with Gasteiger partial charge < -0.3 is 10.6 Å². The summed E-state index contributed by atoms with van der Waals surface area (Å²) in [5, 5.41) is 11.1. The number of carbonyl (C=O) groups is 2. The smallest absolute Gasteiger partial charge is 0.251 e. The van der Waals surface area contributed by atoms with Crippen molar-refractivity contribution in [3.8, 4) is 0 Å². The zero-order valence-corrected chi connectivity index (χ0v) is 15.1. The first kappa shape index (κ1) is 17.1. The van der Waals surface area contributed by atoms with Crippen LogP contribution in [0.2, 0.25) is 0 Å². The molecule has 3 aromatic rings. The van der Waals surface area contributed by atoms with Gasteiger partial charge in [-0.1, -0.05) is 18.3 Å². The Balaban J connectivity index is 1.70. The molecule has 0 aliphatic carbocycles. The lowest BCUT2D eigenvalue weighted by Crippen LogP contribution is -2.24. The molecule has 0 radical (unpaired) electrons. The van der Waals surface area contributed by atoms with Gasteiger partial charge in [0.05, 0.1) is 17.9 Å². The van der Waals surface area contributed by atoms with Crippen LogP contribution in [0.4, 0.5) is 5.69 Å². The number of carbonyl (C=O) groups excluding carboxylic acids is 2. The summed E-state index contributed by atoms with van der Waals surface area (Å²) in [5.74, 6) is -0.332. The lowest BCUT2D eigenvalue weighted by Gasteiger charge is -2.07. The van der Waals surface area contributed by atoms with Crippen LogP contribution in [0.1, 0.15) is 40.6 Å². The third-order valence-corrected chi connectivity index (χ3v) is 4.78. The Morgan fingerprint density at radius 2 is 1.96 bits per heavy atom. The molecular weight excluding hydrogens is 338 g/mol. The quantitative estimate of drug-likeness (QED) is 0.734. The van der Waals surface area contributed by atoms with Crippen molar-refractivity contribution in [2.45, 2.75) is 33.7 Å². The molecule has 2 N–H and O–H groups in total. The maximum Gasteiger partial charge on any atom is 0.251 e. The predicted molar refractivity (Wildman–Crippen MR) is 96.9 cm³/mol. The Morgan fingerprint density at radius 1 is 1.24 bits per heavy atom. The van der Waals surface area contributed by atoms with Crippen LogP contribution >= 0.6 is 11.3 Å².